The van der Waals surface area contributed by atoms with Gasteiger partial charge in [0.05, 0.1) is 0 Å². The molecule has 1 rings (SSSR count). The number of aromatic nitrogens is 1. The lowest BCUT2D eigenvalue weighted by Crippen LogP contribution is -1.95. The first-order valence-electron chi connectivity index (χ1n) is 3.90. The molecule has 56 valence electrons. The zero-order valence-corrected chi connectivity index (χ0v) is 6.96. The normalized spacial score (nSPS) is 10.8. The Morgan fingerprint density at radius 1 is 1.50 bits per heavy atom. The molecule has 0 bridgehead atoms. The molecule has 0 aromatic carbocycles. The lowest BCUT2D eigenvalue weighted by atomic mass is 10.3. The standard InChI is InChI=1S/C9H15N/c1-4-9-5-6-10(7-9)8(2)3/h5-8H,4H2,1-3H3. The SMILES string of the molecule is CCc1ccn(C(C)C)c1. The van der Waals surface area contributed by atoms with E-state index in [0.717, 1.165) is 6.42 Å². The lowest BCUT2D eigenvalue weighted by molar-refractivity contribution is 0.602. The molecule has 0 aliphatic heterocycles. The lowest BCUT2D eigenvalue weighted by Gasteiger charge is -2.04. The fraction of sp³-hybridized carbons (Fsp3) is 0.556. The third-order valence-electron chi connectivity index (χ3n) is 1.78. The monoisotopic (exact) mass is 137 g/mol. The van der Waals surface area contributed by atoms with Crippen LogP contribution in [0.15, 0.2) is 18.5 Å². The minimum absolute atomic E-state index is 0.597. The summed E-state index contributed by atoms with van der Waals surface area (Å²) in [6.07, 6.45) is 5.49. The maximum absolute atomic E-state index is 2.23. The maximum atomic E-state index is 2.23. The number of nitrogens with zero attached hydrogens (tertiary/aromatic N) is 1. The Morgan fingerprint density at radius 2 is 2.20 bits per heavy atom. The third-order valence-corrected chi connectivity index (χ3v) is 1.78. The quantitative estimate of drug-likeness (QED) is 0.590. The summed E-state index contributed by atoms with van der Waals surface area (Å²) >= 11 is 0. The van der Waals surface area contributed by atoms with Gasteiger partial charge in [0.25, 0.3) is 0 Å². The predicted molar refractivity (Wildman–Crippen MR) is 44.2 cm³/mol. The van der Waals surface area contributed by atoms with Crippen molar-refractivity contribution in [3.63, 3.8) is 0 Å². The Labute approximate surface area is 62.7 Å². The van der Waals surface area contributed by atoms with E-state index in [4.69, 9.17) is 0 Å². The van der Waals surface area contributed by atoms with Crippen LogP contribution in [0.2, 0.25) is 0 Å². The van der Waals surface area contributed by atoms with E-state index in [1.807, 2.05) is 0 Å². The van der Waals surface area contributed by atoms with E-state index in [1.165, 1.54) is 5.56 Å². The van der Waals surface area contributed by atoms with Gasteiger partial charge in [-0.15, -0.1) is 0 Å². The maximum Gasteiger partial charge on any atom is 0.0274 e. The van der Waals surface area contributed by atoms with Gasteiger partial charge in [0.2, 0.25) is 0 Å². The molecule has 0 saturated carbocycles. The highest BCUT2D eigenvalue weighted by atomic mass is 15.0. The Kier molecular flexibility index (Phi) is 2.15. The van der Waals surface area contributed by atoms with Gasteiger partial charge in [-0.25, -0.2) is 0 Å². The molecule has 0 fully saturated rings. The van der Waals surface area contributed by atoms with E-state index in [1.54, 1.807) is 0 Å². The Balaban J connectivity index is 2.78. The van der Waals surface area contributed by atoms with Crippen LogP contribution in [0.4, 0.5) is 0 Å². The second-order valence-corrected chi connectivity index (χ2v) is 2.91. The van der Waals surface area contributed by atoms with Crippen molar-refractivity contribution in [1.29, 1.82) is 0 Å². The van der Waals surface area contributed by atoms with E-state index in [-0.39, 0.29) is 0 Å². The molecule has 10 heavy (non-hydrogen) atoms. The highest BCUT2D eigenvalue weighted by Crippen LogP contribution is 2.08. The highest BCUT2D eigenvalue weighted by Gasteiger charge is 1.96. The van der Waals surface area contributed by atoms with Gasteiger partial charge in [-0.1, -0.05) is 6.92 Å². The van der Waals surface area contributed by atoms with Gasteiger partial charge in [-0.2, -0.15) is 0 Å². The summed E-state index contributed by atoms with van der Waals surface area (Å²) < 4.78 is 2.23. The zero-order valence-electron chi connectivity index (χ0n) is 6.96. The van der Waals surface area contributed by atoms with Gasteiger partial charge in [-0.3, -0.25) is 0 Å². The summed E-state index contributed by atoms with van der Waals surface area (Å²) in [5.74, 6) is 0. The van der Waals surface area contributed by atoms with E-state index in [9.17, 15) is 0 Å². The van der Waals surface area contributed by atoms with Crippen molar-refractivity contribution in [3.05, 3.63) is 24.0 Å². The molecule has 0 radical (unpaired) electrons. The summed E-state index contributed by atoms with van der Waals surface area (Å²) in [4.78, 5) is 0. The molecule has 1 aromatic heterocycles. The van der Waals surface area contributed by atoms with Crippen molar-refractivity contribution in [2.24, 2.45) is 0 Å². The van der Waals surface area contributed by atoms with Crippen molar-refractivity contribution in [3.8, 4) is 0 Å². The van der Waals surface area contributed by atoms with Crippen molar-refractivity contribution in [2.75, 3.05) is 0 Å². The van der Waals surface area contributed by atoms with Gasteiger partial charge in [0, 0.05) is 18.4 Å². The minimum Gasteiger partial charge on any atom is -0.352 e. The molecule has 0 amide bonds. The van der Waals surface area contributed by atoms with Crippen molar-refractivity contribution < 1.29 is 0 Å². The largest absolute Gasteiger partial charge is 0.352 e. The van der Waals surface area contributed by atoms with E-state index in [0.29, 0.717) is 6.04 Å². The first-order valence-corrected chi connectivity index (χ1v) is 3.90. The first-order chi connectivity index (χ1) is 4.74. The van der Waals surface area contributed by atoms with Crippen molar-refractivity contribution in [2.45, 2.75) is 33.2 Å². The van der Waals surface area contributed by atoms with Crippen LogP contribution in [0.25, 0.3) is 0 Å². The van der Waals surface area contributed by atoms with Crippen LogP contribution in [-0.2, 0) is 6.42 Å². The molecule has 1 heteroatoms. The Bertz CT molecular complexity index is 198. The van der Waals surface area contributed by atoms with Crippen molar-refractivity contribution in [1.82, 2.24) is 4.57 Å². The van der Waals surface area contributed by atoms with Crippen LogP contribution >= 0.6 is 0 Å². The Hall–Kier alpha value is -0.720. The van der Waals surface area contributed by atoms with Crippen LogP contribution in [0, 0.1) is 0 Å². The molecular weight excluding hydrogens is 122 g/mol. The second kappa shape index (κ2) is 2.91. The van der Waals surface area contributed by atoms with Gasteiger partial charge in [-0.05, 0) is 31.9 Å². The summed E-state index contributed by atoms with van der Waals surface area (Å²) in [6.45, 7) is 6.57. The molecule has 0 aliphatic carbocycles. The van der Waals surface area contributed by atoms with Crippen LogP contribution in [0.5, 0.6) is 0 Å². The Morgan fingerprint density at radius 3 is 2.50 bits per heavy atom. The average Bonchev–Trinajstić information content (AvgIpc) is 2.34. The van der Waals surface area contributed by atoms with Crippen LogP contribution in [0.3, 0.4) is 0 Å². The molecule has 1 heterocycles. The summed E-state index contributed by atoms with van der Waals surface area (Å²) in [6, 6.07) is 2.78. The van der Waals surface area contributed by atoms with Gasteiger partial charge in [0.15, 0.2) is 0 Å². The van der Waals surface area contributed by atoms with Crippen LogP contribution < -0.4 is 0 Å². The van der Waals surface area contributed by atoms with Gasteiger partial charge >= 0.3 is 0 Å². The molecule has 0 unspecified atom stereocenters. The molecule has 1 aromatic rings. The molecule has 0 N–H and O–H groups in total. The number of hydrogen-bond donors (Lipinski definition) is 0. The summed E-state index contributed by atoms with van der Waals surface area (Å²) in [7, 11) is 0. The predicted octanol–water partition coefficient (Wildman–Crippen LogP) is 2.63. The fourth-order valence-corrected chi connectivity index (χ4v) is 0.990. The smallest absolute Gasteiger partial charge is 0.0274 e. The minimum atomic E-state index is 0.597. The fourth-order valence-electron chi connectivity index (χ4n) is 0.990. The van der Waals surface area contributed by atoms with E-state index >= 15 is 0 Å². The molecule has 1 nitrogen and oxygen atoms in total. The van der Waals surface area contributed by atoms with Crippen LogP contribution in [-0.4, -0.2) is 4.57 Å². The van der Waals surface area contributed by atoms with Crippen LogP contribution in [0.1, 0.15) is 32.4 Å². The molecular formula is C9H15N. The van der Waals surface area contributed by atoms with Crippen molar-refractivity contribution >= 4 is 0 Å². The topological polar surface area (TPSA) is 4.93 Å². The molecule has 0 atom stereocenters. The van der Waals surface area contributed by atoms with E-state index < -0.39 is 0 Å². The summed E-state index contributed by atoms with van der Waals surface area (Å²) in [5, 5.41) is 0. The van der Waals surface area contributed by atoms with Gasteiger partial charge < -0.3 is 4.57 Å². The average molecular weight is 137 g/mol. The summed E-state index contributed by atoms with van der Waals surface area (Å²) in [5.41, 5.74) is 1.42. The zero-order chi connectivity index (χ0) is 7.56. The van der Waals surface area contributed by atoms with E-state index in [2.05, 4.69) is 43.8 Å². The first kappa shape index (κ1) is 7.39. The molecule has 0 aliphatic rings. The number of hydrogen-bond acceptors (Lipinski definition) is 0. The highest BCUT2D eigenvalue weighted by molar-refractivity contribution is 5.10. The number of rotatable bonds is 2. The third kappa shape index (κ3) is 1.41. The molecule has 0 saturated heterocycles. The van der Waals surface area contributed by atoms with Gasteiger partial charge in [0.1, 0.15) is 0 Å². The number of aryl methyl sites for hydroxylation is 1. The molecule has 0 spiro atoms. The second-order valence-electron chi connectivity index (χ2n) is 2.91.